The fraction of sp³-hybridized carbons (Fsp3) is 0.375. The summed E-state index contributed by atoms with van der Waals surface area (Å²) in [5.74, 6) is -0.614. The molecule has 1 fully saturated rings. The quantitative estimate of drug-likeness (QED) is 0.914. The van der Waals surface area contributed by atoms with E-state index in [4.69, 9.17) is 4.74 Å². The molecule has 0 bridgehead atoms. The Morgan fingerprint density at radius 2 is 2.23 bits per heavy atom. The van der Waals surface area contributed by atoms with Gasteiger partial charge in [0.25, 0.3) is 5.91 Å². The number of nitrogens with zero attached hydrogens (tertiary/aromatic N) is 1. The third kappa shape index (κ3) is 2.11. The molecule has 0 radical (unpaired) electrons. The number of hydrogen-bond donors (Lipinski definition) is 2. The SMILES string of the molecule is O=C(Nc1n[nH]c2c1COCC2)[C@]1(F)C[C@H]1c1ccccc1. The number of anilines is 1. The number of amides is 1. The average molecular weight is 301 g/mol. The van der Waals surface area contributed by atoms with E-state index in [1.54, 1.807) is 0 Å². The van der Waals surface area contributed by atoms with Gasteiger partial charge in [-0.3, -0.25) is 9.89 Å². The van der Waals surface area contributed by atoms with Crippen LogP contribution in [0, 0.1) is 0 Å². The number of halogens is 1. The fourth-order valence-electron chi connectivity index (χ4n) is 2.98. The summed E-state index contributed by atoms with van der Waals surface area (Å²) < 4.78 is 20.1. The maximum absolute atomic E-state index is 14.8. The van der Waals surface area contributed by atoms with E-state index in [0.717, 1.165) is 23.2 Å². The van der Waals surface area contributed by atoms with Gasteiger partial charge in [-0.05, 0) is 5.56 Å². The summed E-state index contributed by atoms with van der Waals surface area (Å²) in [5.41, 5.74) is 0.778. The molecule has 5 nitrogen and oxygen atoms in total. The van der Waals surface area contributed by atoms with E-state index in [9.17, 15) is 9.18 Å². The number of nitrogens with one attached hydrogen (secondary N) is 2. The Bertz CT molecular complexity index is 715. The van der Waals surface area contributed by atoms with E-state index in [1.807, 2.05) is 30.3 Å². The summed E-state index contributed by atoms with van der Waals surface area (Å²) in [7, 11) is 0. The summed E-state index contributed by atoms with van der Waals surface area (Å²) in [6, 6.07) is 9.29. The van der Waals surface area contributed by atoms with Crippen molar-refractivity contribution in [3.05, 3.63) is 47.2 Å². The normalized spacial score (nSPS) is 26.3. The number of hydrogen-bond acceptors (Lipinski definition) is 3. The van der Waals surface area contributed by atoms with Gasteiger partial charge in [-0.1, -0.05) is 30.3 Å². The third-order valence-electron chi connectivity index (χ3n) is 4.40. The van der Waals surface area contributed by atoms with Gasteiger partial charge in [-0.25, -0.2) is 4.39 Å². The molecule has 22 heavy (non-hydrogen) atoms. The minimum absolute atomic E-state index is 0.214. The van der Waals surface area contributed by atoms with Crippen LogP contribution in [-0.2, 0) is 22.6 Å². The molecule has 2 heterocycles. The van der Waals surface area contributed by atoms with Crippen LogP contribution in [0.1, 0.15) is 29.2 Å². The lowest BCUT2D eigenvalue weighted by Crippen LogP contribution is -2.28. The van der Waals surface area contributed by atoms with E-state index in [-0.39, 0.29) is 12.3 Å². The number of rotatable bonds is 3. The first-order valence-corrected chi connectivity index (χ1v) is 7.37. The highest BCUT2D eigenvalue weighted by atomic mass is 19.1. The number of aromatic amines is 1. The maximum Gasteiger partial charge on any atom is 0.263 e. The Kier molecular flexibility index (Phi) is 3.00. The zero-order valence-corrected chi connectivity index (χ0v) is 11.9. The van der Waals surface area contributed by atoms with Crippen LogP contribution in [0.2, 0.25) is 0 Å². The van der Waals surface area contributed by atoms with Crippen molar-refractivity contribution in [3.8, 4) is 0 Å². The Balaban J connectivity index is 1.50. The van der Waals surface area contributed by atoms with Gasteiger partial charge >= 0.3 is 0 Å². The molecule has 1 aliphatic carbocycles. The molecule has 0 unspecified atom stereocenters. The molecular formula is C16H16FN3O2. The molecular weight excluding hydrogens is 285 g/mol. The summed E-state index contributed by atoms with van der Waals surface area (Å²) in [5, 5.41) is 9.57. The minimum Gasteiger partial charge on any atom is -0.376 e. The summed E-state index contributed by atoms with van der Waals surface area (Å²) in [4.78, 5) is 12.3. The van der Waals surface area contributed by atoms with Gasteiger partial charge in [-0.2, -0.15) is 5.10 Å². The molecule has 0 saturated heterocycles. The van der Waals surface area contributed by atoms with Crippen molar-refractivity contribution in [1.29, 1.82) is 0 Å². The fourth-order valence-corrected chi connectivity index (χ4v) is 2.98. The number of fused-ring (bicyclic) bond motifs is 1. The average Bonchev–Trinajstić information content (AvgIpc) is 3.10. The van der Waals surface area contributed by atoms with E-state index in [0.29, 0.717) is 19.0 Å². The van der Waals surface area contributed by atoms with Crippen LogP contribution in [0.25, 0.3) is 0 Å². The molecule has 1 aliphatic heterocycles. The van der Waals surface area contributed by atoms with Crippen LogP contribution < -0.4 is 5.32 Å². The Morgan fingerprint density at radius 3 is 3.05 bits per heavy atom. The molecule has 1 aromatic heterocycles. The third-order valence-corrected chi connectivity index (χ3v) is 4.40. The van der Waals surface area contributed by atoms with Crippen molar-refractivity contribution in [3.63, 3.8) is 0 Å². The highest BCUT2D eigenvalue weighted by Crippen LogP contribution is 2.55. The number of alkyl halides is 1. The molecule has 114 valence electrons. The van der Waals surface area contributed by atoms with Gasteiger partial charge in [0.1, 0.15) is 0 Å². The van der Waals surface area contributed by atoms with Gasteiger partial charge in [0.2, 0.25) is 0 Å². The van der Waals surface area contributed by atoms with Crippen molar-refractivity contribution in [1.82, 2.24) is 10.2 Å². The number of benzene rings is 1. The summed E-state index contributed by atoms with van der Waals surface area (Å²) in [6.45, 7) is 1.02. The highest BCUT2D eigenvalue weighted by molar-refractivity contribution is 6.00. The first-order chi connectivity index (χ1) is 10.7. The molecule has 2 aromatic rings. The monoisotopic (exact) mass is 301 g/mol. The van der Waals surface area contributed by atoms with Crippen LogP contribution in [0.5, 0.6) is 0 Å². The number of aromatic nitrogens is 2. The number of carbonyl (C=O) groups is 1. The Labute approximate surface area is 126 Å². The zero-order chi connectivity index (χ0) is 15.2. The lowest BCUT2D eigenvalue weighted by molar-refractivity contribution is -0.122. The molecule has 1 saturated carbocycles. The molecule has 0 spiro atoms. The van der Waals surface area contributed by atoms with Crippen LogP contribution in [0.3, 0.4) is 0 Å². The molecule has 6 heteroatoms. The first kappa shape index (κ1) is 13.5. The van der Waals surface area contributed by atoms with Crippen LogP contribution >= 0.6 is 0 Å². The number of carbonyl (C=O) groups excluding carboxylic acids is 1. The van der Waals surface area contributed by atoms with Crippen molar-refractivity contribution in [2.45, 2.75) is 31.0 Å². The molecule has 1 aromatic carbocycles. The second-order valence-corrected chi connectivity index (χ2v) is 5.82. The van der Waals surface area contributed by atoms with Crippen LogP contribution in [0.15, 0.2) is 30.3 Å². The minimum atomic E-state index is -1.84. The van der Waals surface area contributed by atoms with E-state index >= 15 is 0 Å². The van der Waals surface area contributed by atoms with Gasteiger partial charge < -0.3 is 10.1 Å². The van der Waals surface area contributed by atoms with E-state index in [2.05, 4.69) is 15.5 Å². The van der Waals surface area contributed by atoms with Gasteiger partial charge in [-0.15, -0.1) is 0 Å². The Morgan fingerprint density at radius 1 is 1.41 bits per heavy atom. The lowest BCUT2D eigenvalue weighted by Gasteiger charge is -2.13. The second-order valence-electron chi connectivity index (χ2n) is 5.82. The zero-order valence-electron chi connectivity index (χ0n) is 11.9. The molecule has 2 atom stereocenters. The summed E-state index contributed by atoms with van der Waals surface area (Å²) >= 11 is 0. The molecule has 2 aliphatic rings. The van der Waals surface area contributed by atoms with Gasteiger partial charge in [0.15, 0.2) is 11.5 Å². The van der Waals surface area contributed by atoms with E-state index < -0.39 is 11.6 Å². The summed E-state index contributed by atoms with van der Waals surface area (Å²) in [6.07, 6.45) is 0.942. The molecule has 4 rings (SSSR count). The number of ether oxygens (including phenoxy) is 1. The largest absolute Gasteiger partial charge is 0.376 e. The van der Waals surface area contributed by atoms with Gasteiger partial charge in [0.05, 0.1) is 13.2 Å². The van der Waals surface area contributed by atoms with Crippen molar-refractivity contribution in [2.24, 2.45) is 0 Å². The van der Waals surface area contributed by atoms with Crippen LogP contribution in [-0.4, -0.2) is 28.4 Å². The highest BCUT2D eigenvalue weighted by Gasteiger charge is 2.62. The maximum atomic E-state index is 14.8. The van der Waals surface area contributed by atoms with Crippen LogP contribution in [0.4, 0.5) is 10.2 Å². The standard InChI is InChI=1S/C16H16FN3O2/c17-16(8-12(16)10-4-2-1-3-5-10)15(21)18-14-11-9-22-7-6-13(11)19-20-14/h1-5,12H,6-9H2,(H2,18,19,20,21)/t12-,16-/m0/s1. The molecule has 2 N–H and O–H groups in total. The van der Waals surface area contributed by atoms with Crippen molar-refractivity contribution in [2.75, 3.05) is 11.9 Å². The van der Waals surface area contributed by atoms with Crippen molar-refractivity contribution < 1.29 is 13.9 Å². The predicted octanol–water partition coefficient (Wildman–Crippen LogP) is 2.32. The topological polar surface area (TPSA) is 67.0 Å². The molecule has 1 amide bonds. The Hall–Kier alpha value is -2.21. The van der Waals surface area contributed by atoms with Gasteiger partial charge in [0, 0.05) is 30.0 Å². The lowest BCUT2D eigenvalue weighted by atomic mass is 10.1. The predicted molar refractivity (Wildman–Crippen MR) is 78.2 cm³/mol. The second kappa shape index (κ2) is 4.91. The number of H-pyrrole nitrogens is 1. The first-order valence-electron chi connectivity index (χ1n) is 7.37. The smallest absolute Gasteiger partial charge is 0.263 e. The van der Waals surface area contributed by atoms with E-state index in [1.165, 1.54) is 0 Å². The van der Waals surface area contributed by atoms with Crippen molar-refractivity contribution >= 4 is 11.7 Å².